The lowest BCUT2D eigenvalue weighted by atomic mass is 10.1. The fraction of sp³-hybridized carbons (Fsp3) is 0.917. The first-order valence-corrected chi connectivity index (χ1v) is 12.1. The molecule has 28 heavy (non-hydrogen) atoms. The molecular formula is C24H46N2O2. The van der Waals surface area contributed by atoms with Crippen LogP contribution < -0.4 is 0 Å². The highest BCUT2D eigenvalue weighted by molar-refractivity contribution is 5.79. The molecule has 0 aromatic carbocycles. The van der Waals surface area contributed by atoms with Crippen molar-refractivity contribution in [1.82, 2.24) is 9.80 Å². The quantitative estimate of drug-likeness (QED) is 0.424. The van der Waals surface area contributed by atoms with E-state index in [0.29, 0.717) is 11.6 Å². The number of carbonyl (C=O) groups excluding carboxylic acids is 2. The van der Waals surface area contributed by atoms with Crippen molar-refractivity contribution in [1.29, 1.82) is 0 Å². The summed E-state index contributed by atoms with van der Waals surface area (Å²) in [4.78, 5) is 26.9. The van der Waals surface area contributed by atoms with Crippen molar-refractivity contribution in [2.45, 2.75) is 104 Å². The molecule has 0 N–H and O–H groups in total. The molecule has 2 heterocycles. The number of Topliss-reactive ketones (excluding diaryl/α,β-unsaturated/α-hetero) is 2. The zero-order valence-corrected chi connectivity index (χ0v) is 18.9. The molecule has 2 saturated heterocycles. The van der Waals surface area contributed by atoms with Gasteiger partial charge in [-0.3, -0.25) is 9.59 Å². The molecule has 2 rings (SSSR count). The van der Waals surface area contributed by atoms with Gasteiger partial charge in [0.25, 0.3) is 0 Å². The molecular weight excluding hydrogens is 348 g/mol. The topological polar surface area (TPSA) is 40.6 Å². The molecule has 2 fully saturated rings. The normalized spacial score (nSPS) is 18.8. The van der Waals surface area contributed by atoms with Gasteiger partial charge in [-0.05, 0) is 25.9 Å². The summed E-state index contributed by atoms with van der Waals surface area (Å²) >= 11 is 0. The second-order valence-corrected chi connectivity index (χ2v) is 8.59. The first kappa shape index (κ1) is 25.3. The third kappa shape index (κ3) is 13.4. The largest absolute Gasteiger partial charge is 0.302 e. The van der Waals surface area contributed by atoms with E-state index in [4.69, 9.17) is 0 Å². The van der Waals surface area contributed by atoms with Crippen molar-refractivity contribution in [2.24, 2.45) is 0 Å². The minimum Gasteiger partial charge on any atom is -0.302 e. The lowest BCUT2D eigenvalue weighted by molar-refractivity contribution is -0.122. The molecule has 0 aliphatic carbocycles. The standard InChI is InChI=1S/2C12H23NO/c2*1-2-3-4-5-6-9-13-10-7-12(14)8-11-13/h2*2-11H2,1H3. The van der Waals surface area contributed by atoms with Gasteiger partial charge in [-0.1, -0.05) is 65.2 Å². The van der Waals surface area contributed by atoms with Gasteiger partial charge < -0.3 is 9.80 Å². The van der Waals surface area contributed by atoms with Gasteiger partial charge in [-0.25, -0.2) is 0 Å². The maximum absolute atomic E-state index is 11.0. The summed E-state index contributed by atoms with van der Waals surface area (Å²) in [5, 5.41) is 0. The SMILES string of the molecule is CCCCCCCN1CCC(=O)CC1.CCCCCCCN1CCC(=O)CC1. The highest BCUT2D eigenvalue weighted by atomic mass is 16.1. The van der Waals surface area contributed by atoms with E-state index in [1.54, 1.807) is 0 Å². The number of hydrogen-bond donors (Lipinski definition) is 0. The zero-order chi connectivity index (χ0) is 20.5. The van der Waals surface area contributed by atoms with E-state index in [9.17, 15) is 9.59 Å². The van der Waals surface area contributed by atoms with Crippen molar-refractivity contribution < 1.29 is 9.59 Å². The van der Waals surface area contributed by atoms with Crippen LogP contribution >= 0.6 is 0 Å². The molecule has 4 heteroatoms. The van der Waals surface area contributed by atoms with E-state index in [0.717, 1.165) is 51.9 Å². The summed E-state index contributed by atoms with van der Waals surface area (Å²) in [7, 11) is 0. The first-order valence-electron chi connectivity index (χ1n) is 12.1. The molecule has 0 saturated carbocycles. The van der Waals surface area contributed by atoms with Gasteiger partial charge in [-0.2, -0.15) is 0 Å². The summed E-state index contributed by atoms with van der Waals surface area (Å²) in [6.45, 7) is 10.9. The smallest absolute Gasteiger partial charge is 0.135 e. The van der Waals surface area contributed by atoms with Crippen LogP contribution in [-0.4, -0.2) is 60.6 Å². The molecule has 164 valence electrons. The lowest BCUT2D eigenvalue weighted by Gasteiger charge is -2.25. The van der Waals surface area contributed by atoms with Gasteiger partial charge in [0.05, 0.1) is 0 Å². The molecule has 0 aromatic rings. The van der Waals surface area contributed by atoms with Crippen molar-refractivity contribution in [3.8, 4) is 0 Å². The Hall–Kier alpha value is -0.740. The van der Waals surface area contributed by atoms with Crippen LogP contribution in [0.1, 0.15) is 104 Å². The fourth-order valence-electron chi connectivity index (χ4n) is 3.93. The Morgan fingerprint density at radius 3 is 1.18 bits per heavy atom. The Bertz CT molecular complexity index is 353. The first-order chi connectivity index (χ1) is 13.7. The van der Waals surface area contributed by atoms with Crippen LogP contribution in [0.25, 0.3) is 0 Å². The fourth-order valence-corrected chi connectivity index (χ4v) is 3.93. The van der Waals surface area contributed by atoms with Gasteiger partial charge in [-0.15, -0.1) is 0 Å². The Kier molecular flexibility index (Phi) is 15.5. The highest BCUT2D eigenvalue weighted by Crippen LogP contribution is 2.10. The third-order valence-electron chi connectivity index (χ3n) is 5.98. The summed E-state index contributed by atoms with van der Waals surface area (Å²) < 4.78 is 0. The van der Waals surface area contributed by atoms with E-state index in [2.05, 4.69) is 23.6 Å². The summed E-state index contributed by atoms with van der Waals surface area (Å²) in [6, 6.07) is 0. The number of likely N-dealkylation sites (tertiary alicyclic amines) is 2. The van der Waals surface area contributed by atoms with Gasteiger partial charge in [0.15, 0.2) is 0 Å². The van der Waals surface area contributed by atoms with E-state index in [-0.39, 0.29) is 0 Å². The highest BCUT2D eigenvalue weighted by Gasteiger charge is 2.15. The van der Waals surface area contributed by atoms with Gasteiger partial charge >= 0.3 is 0 Å². The van der Waals surface area contributed by atoms with E-state index in [1.807, 2.05) is 0 Å². The molecule has 0 spiro atoms. The molecule has 0 bridgehead atoms. The molecule has 0 radical (unpaired) electrons. The molecule has 0 atom stereocenters. The van der Waals surface area contributed by atoms with Crippen molar-refractivity contribution in [3.63, 3.8) is 0 Å². The maximum atomic E-state index is 11.0. The van der Waals surface area contributed by atoms with E-state index >= 15 is 0 Å². The average molecular weight is 395 g/mol. The van der Waals surface area contributed by atoms with Crippen LogP contribution in [0.3, 0.4) is 0 Å². The van der Waals surface area contributed by atoms with Gasteiger partial charge in [0, 0.05) is 51.9 Å². The predicted octanol–water partition coefficient (Wildman–Crippen LogP) is 5.24. The third-order valence-corrected chi connectivity index (χ3v) is 5.98. The molecule has 0 amide bonds. The second-order valence-electron chi connectivity index (χ2n) is 8.59. The van der Waals surface area contributed by atoms with Crippen LogP contribution in [0, 0.1) is 0 Å². The number of hydrogen-bond acceptors (Lipinski definition) is 4. The van der Waals surface area contributed by atoms with Crippen LogP contribution in [-0.2, 0) is 9.59 Å². The Labute approximate surface area is 174 Å². The van der Waals surface area contributed by atoms with E-state index < -0.39 is 0 Å². The average Bonchev–Trinajstić information content (AvgIpc) is 2.71. The molecule has 4 nitrogen and oxygen atoms in total. The molecule has 2 aliphatic rings. The summed E-state index contributed by atoms with van der Waals surface area (Å²) in [5.74, 6) is 0.902. The zero-order valence-electron chi connectivity index (χ0n) is 18.9. The predicted molar refractivity (Wildman–Crippen MR) is 119 cm³/mol. The van der Waals surface area contributed by atoms with Crippen LogP contribution in [0.4, 0.5) is 0 Å². The van der Waals surface area contributed by atoms with Gasteiger partial charge in [0.1, 0.15) is 11.6 Å². The van der Waals surface area contributed by atoms with E-state index in [1.165, 1.54) is 77.3 Å². The lowest BCUT2D eigenvalue weighted by Crippen LogP contribution is -2.34. The molecule has 0 unspecified atom stereocenters. The summed E-state index contributed by atoms with van der Waals surface area (Å²) in [6.07, 6.45) is 16.6. The monoisotopic (exact) mass is 394 g/mol. The van der Waals surface area contributed by atoms with Crippen LogP contribution in [0.15, 0.2) is 0 Å². The Morgan fingerprint density at radius 1 is 0.536 bits per heavy atom. The number of nitrogens with zero attached hydrogens (tertiary/aromatic N) is 2. The second kappa shape index (κ2) is 17.1. The maximum Gasteiger partial charge on any atom is 0.135 e. The number of piperidine rings is 2. The number of ketones is 2. The number of rotatable bonds is 12. The van der Waals surface area contributed by atoms with Crippen LogP contribution in [0.5, 0.6) is 0 Å². The summed E-state index contributed by atoms with van der Waals surface area (Å²) in [5.41, 5.74) is 0. The number of unbranched alkanes of at least 4 members (excludes halogenated alkanes) is 8. The minimum absolute atomic E-state index is 0.451. The molecule has 0 aromatic heterocycles. The Balaban J connectivity index is 0.000000280. The number of carbonyl (C=O) groups is 2. The van der Waals surface area contributed by atoms with Crippen molar-refractivity contribution in [2.75, 3.05) is 39.3 Å². The Morgan fingerprint density at radius 2 is 0.857 bits per heavy atom. The van der Waals surface area contributed by atoms with Crippen molar-refractivity contribution >= 4 is 11.6 Å². The van der Waals surface area contributed by atoms with Gasteiger partial charge in [0.2, 0.25) is 0 Å². The van der Waals surface area contributed by atoms with Crippen molar-refractivity contribution in [3.05, 3.63) is 0 Å². The minimum atomic E-state index is 0.451. The van der Waals surface area contributed by atoms with Crippen LogP contribution in [0.2, 0.25) is 0 Å². The molecule has 2 aliphatic heterocycles.